The Morgan fingerprint density at radius 1 is 1.38 bits per heavy atom. The largest absolute Gasteiger partial charge is 0.373 e. The maximum atomic E-state index is 8.99. The number of hydrogen-bond acceptors (Lipinski definition) is 3. The average molecular weight is 217 g/mol. The van der Waals surface area contributed by atoms with Gasteiger partial charge in [0.15, 0.2) is 0 Å². The number of nitriles is 1. The van der Waals surface area contributed by atoms with Gasteiger partial charge in [0.05, 0.1) is 11.3 Å². The van der Waals surface area contributed by atoms with E-state index in [4.69, 9.17) is 5.26 Å². The van der Waals surface area contributed by atoms with Crippen LogP contribution in [0.5, 0.6) is 0 Å². The van der Waals surface area contributed by atoms with Crippen LogP contribution < -0.4 is 10.2 Å². The summed E-state index contributed by atoms with van der Waals surface area (Å²) in [6.07, 6.45) is 1.09. The van der Waals surface area contributed by atoms with E-state index in [0.717, 1.165) is 37.3 Å². The van der Waals surface area contributed by atoms with Crippen LogP contribution in [0.1, 0.15) is 18.9 Å². The van der Waals surface area contributed by atoms with Crippen molar-refractivity contribution in [2.24, 2.45) is 0 Å². The minimum atomic E-state index is 0.744. The molecule has 0 saturated carbocycles. The van der Waals surface area contributed by atoms with Crippen LogP contribution in [0.25, 0.3) is 0 Å². The number of nitrogens with zero attached hydrogens (tertiary/aromatic N) is 2. The zero-order valence-electron chi connectivity index (χ0n) is 10.0. The number of para-hydroxylation sites is 1. The minimum Gasteiger partial charge on any atom is -0.373 e. The molecule has 0 aliphatic rings. The summed E-state index contributed by atoms with van der Waals surface area (Å²) in [5.74, 6) is 0. The van der Waals surface area contributed by atoms with Crippen molar-refractivity contribution >= 4 is 5.69 Å². The molecule has 0 fully saturated rings. The maximum absolute atomic E-state index is 8.99. The zero-order chi connectivity index (χ0) is 11.8. The molecular formula is C13H19N3. The number of nitrogens with one attached hydrogen (secondary N) is 1. The summed E-state index contributed by atoms with van der Waals surface area (Å²) in [4.78, 5) is 2.13. The molecule has 3 heteroatoms. The van der Waals surface area contributed by atoms with Gasteiger partial charge in [-0.1, -0.05) is 19.1 Å². The molecule has 0 heterocycles. The molecule has 16 heavy (non-hydrogen) atoms. The molecule has 0 bridgehead atoms. The Bertz CT molecular complexity index is 354. The van der Waals surface area contributed by atoms with Gasteiger partial charge in [0.1, 0.15) is 6.07 Å². The Labute approximate surface area is 97.7 Å². The van der Waals surface area contributed by atoms with Crippen LogP contribution in [0.4, 0.5) is 5.69 Å². The van der Waals surface area contributed by atoms with E-state index in [1.165, 1.54) is 0 Å². The normalized spacial score (nSPS) is 9.81. The summed E-state index contributed by atoms with van der Waals surface area (Å²) in [6.45, 7) is 5.11. The average Bonchev–Trinajstić information content (AvgIpc) is 2.34. The first-order chi connectivity index (χ1) is 7.79. The third-order valence-electron chi connectivity index (χ3n) is 2.53. The van der Waals surface area contributed by atoms with E-state index in [0.29, 0.717) is 0 Å². The van der Waals surface area contributed by atoms with Gasteiger partial charge < -0.3 is 10.2 Å². The first kappa shape index (κ1) is 12.5. The van der Waals surface area contributed by atoms with Crippen molar-refractivity contribution in [3.63, 3.8) is 0 Å². The maximum Gasteiger partial charge on any atom is 0.101 e. The predicted molar refractivity (Wildman–Crippen MR) is 67.6 cm³/mol. The molecule has 0 aliphatic carbocycles. The Morgan fingerprint density at radius 2 is 2.12 bits per heavy atom. The van der Waals surface area contributed by atoms with Crippen LogP contribution in [-0.4, -0.2) is 26.7 Å². The molecular weight excluding hydrogens is 198 g/mol. The summed E-state index contributed by atoms with van der Waals surface area (Å²) >= 11 is 0. The van der Waals surface area contributed by atoms with Crippen molar-refractivity contribution in [1.29, 1.82) is 5.26 Å². The van der Waals surface area contributed by atoms with E-state index < -0.39 is 0 Å². The van der Waals surface area contributed by atoms with Crippen molar-refractivity contribution in [3.8, 4) is 6.07 Å². The summed E-state index contributed by atoms with van der Waals surface area (Å²) in [5.41, 5.74) is 1.76. The van der Waals surface area contributed by atoms with Crippen molar-refractivity contribution < 1.29 is 0 Å². The van der Waals surface area contributed by atoms with Gasteiger partial charge in [-0.05, 0) is 31.6 Å². The van der Waals surface area contributed by atoms with Gasteiger partial charge in [-0.25, -0.2) is 0 Å². The van der Waals surface area contributed by atoms with Crippen LogP contribution in [0.3, 0.4) is 0 Å². The van der Waals surface area contributed by atoms with E-state index in [9.17, 15) is 0 Å². The molecule has 0 spiro atoms. The topological polar surface area (TPSA) is 39.1 Å². The van der Waals surface area contributed by atoms with Crippen molar-refractivity contribution in [1.82, 2.24) is 5.32 Å². The third-order valence-corrected chi connectivity index (χ3v) is 2.53. The molecule has 3 nitrogen and oxygen atoms in total. The summed E-state index contributed by atoms with van der Waals surface area (Å²) < 4.78 is 0. The van der Waals surface area contributed by atoms with Gasteiger partial charge >= 0.3 is 0 Å². The predicted octanol–water partition coefficient (Wildman–Crippen LogP) is 1.99. The lowest BCUT2D eigenvalue weighted by Crippen LogP contribution is -2.24. The fourth-order valence-corrected chi connectivity index (χ4v) is 1.64. The minimum absolute atomic E-state index is 0.744. The molecule has 0 atom stereocenters. The Kier molecular flexibility index (Phi) is 5.38. The van der Waals surface area contributed by atoms with Crippen molar-refractivity contribution in [2.75, 3.05) is 31.6 Å². The lowest BCUT2D eigenvalue weighted by atomic mass is 10.2. The molecule has 1 rings (SSSR count). The first-order valence-electron chi connectivity index (χ1n) is 5.70. The molecule has 1 N–H and O–H groups in total. The molecule has 0 amide bonds. The second-order valence-corrected chi connectivity index (χ2v) is 3.76. The van der Waals surface area contributed by atoms with Gasteiger partial charge in [-0.2, -0.15) is 5.26 Å². The fraction of sp³-hybridized carbons (Fsp3) is 0.462. The lowest BCUT2D eigenvalue weighted by Gasteiger charge is -2.20. The van der Waals surface area contributed by atoms with Crippen molar-refractivity contribution in [2.45, 2.75) is 13.3 Å². The van der Waals surface area contributed by atoms with Gasteiger partial charge in [-0.15, -0.1) is 0 Å². The Balaban J connectivity index is 2.52. The highest BCUT2D eigenvalue weighted by Gasteiger charge is 2.05. The molecule has 1 aromatic rings. The third kappa shape index (κ3) is 3.56. The monoisotopic (exact) mass is 217 g/mol. The highest BCUT2D eigenvalue weighted by molar-refractivity contribution is 5.58. The highest BCUT2D eigenvalue weighted by atomic mass is 15.1. The van der Waals surface area contributed by atoms with Gasteiger partial charge in [0.25, 0.3) is 0 Å². The number of benzene rings is 1. The van der Waals surface area contributed by atoms with Gasteiger partial charge in [0.2, 0.25) is 0 Å². The molecule has 0 radical (unpaired) electrons. The lowest BCUT2D eigenvalue weighted by molar-refractivity contribution is 0.667. The molecule has 1 aromatic carbocycles. The van der Waals surface area contributed by atoms with Crippen LogP contribution in [0.15, 0.2) is 24.3 Å². The number of hydrogen-bond donors (Lipinski definition) is 1. The van der Waals surface area contributed by atoms with Crippen LogP contribution in [0, 0.1) is 11.3 Å². The highest BCUT2D eigenvalue weighted by Crippen LogP contribution is 2.17. The zero-order valence-corrected chi connectivity index (χ0v) is 10.0. The van der Waals surface area contributed by atoms with Crippen molar-refractivity contribution in [3.05, 3.63) is 29.8 Å². The summed E-state index contributed by atoms with van der Waals surface area (Å²) in [6, 6.07) is 9.94. The molecule has 86 valence electrons. The van der Waals surface area contributed by atoms with E-state index in [1.807, 2.05) is 31.3 Å². The van der Waals surface area contributed by atoms with Gasteiger partial charge in [-0.3, -0.25) is 0 Å². The summed E-state index contributed by atoms with van der Waals surface area (Å²) in [5, 5.41) is 12.3. The Morgan fingerprint density at radius 3 is 2.81 bits per heavy atom. The first-order valence-corrected chi connectivity index (χ1v) is 5.70. The summed E-state index contributed by atoms with van der Waals surface area (Å²) in [7, 11) is 2.03. The molecule has 0 aromatic heterocycles. The van der Waals surface area contributed by atoms with E-state index >= 15 is 0 Å². The van der Waals surface area contributed by atoms with Crippen LogP contribution in [0.2, 0.25) is 0 Å². The molecule has 0 unspecified atom stereocenters. The van der Waals surface area contributed by atoms with E-state index in [2.05, 4.69) is 23.2 Å². The van der Waals surface area contributed by atoms with Crippen LogP contribution >= 0.6 is 0 Å². The molecule has 0 saturated heterocycles. The molecule has 0 aliphatic heterocycles. The number of rotatable bonds is 6. The van der Waals surface area contributed by atoms with E-state index in [1.54, 1.807) is 0 Å². The fourth-order valence-electron chi connectivity index (χ4n) is 1.64. The second kappa shape index (κ2) is 6.86. The Hall–Kier alpha value is -1.53. The van der Waals surface area contributed by atoms with Crippen LogP contribution in [-0.2, 0) is 0 Å². The van der Waals surface area contributed by atoms with E-state index in [-0.39, 0.29) is 0 Å². The second-order valence-electron chi connectivity index (χ2n) is 3.76. The van der Waals surface area contributed by atoms with Gasteiger partial charge in [0, 0.05) is 13.6 Å². The smallest absolute Gasteiger partial charge is 0.101 e. The number of anilines is 1. The SMILES string of the molecule is CCNCCCN(C)c1ccccc1C#N. The quantitative estimate of drug-likeness (QED) is 0.741. The standard InChI is InChI=1S/C13H19N3/c1-3-15-9-6-10-16(2)13-8-5-4-7-12(13)11-14/h4-5,7-8,15H,3,6,9-10H2,1-2H3.